The minimum absolute atomic E-state index is 0.140. The van der Waals surface area contributed by atoms with Gasteiger partial charge in [0.1, 0.15) is 5.82 Å². The third kappa shape index (κ3) is 2.92. The molecule has 1 aromatic carbocycles. The summed E-state index contributed by atoms with van der Waals surface area (Å²) < 4.78 is 3.34. The monoisotopic (exact) mass is 411 g/mol. The Labute approximate surface area is 142 Å². The molecule has 0 saturated carbocycles. The maximum Gasteiger partial charge on any atom is 0.128 e. The Morgan fingerprint density at radius 3 is 2.86 bits per heavy atom. The number of alkyl halides is 1. The van der Waals surface area contributed by atoms with Crippen molar-refractivity contribution in [3.8, 4) is 0 Å². The van der Waals surface area contributed by atoms with Crippen LogP contribution in [0.4, 0.5) is 0 Å². The maximum absolute atomic E-state index is 6.32. The lowest BCUT2D eigenvalue weighted by molar-refractivity contribution is 0.723. The van der Waals surface area contributed by atoms with Crippen molar-refractivity contribution in [3.05, 3.63) is 57.2 Å². The molecule has 0 saturated heterocycles. The number of hydrogen-bond acceptors (Lipinski definition) is 2. The highest BCUT2D eigenvalue weighted by atomic mass is 127. The summed E-state index contributed by atoms with van der Waals surface area (Å²) in [6, 6.07) is 10.3. The molecule has 108 valence electrons. The van der Waals surface area contributed by atoms with Crippen LogP contribution in [0.3, 0.4) is 0 Å². The predicted octanol–water partition coefficient (Wildman–Crippen LogP) is 4.69. The number of rotatable bonds is 3. The molecule has 0 aliphatic rings. The van der Waals surface area contributed by atoms with Crippen LogP contribution in [0.15, 0.2) is 36.5 Å². The number of halogens is 2. The molecule has 0 aliphatic heterocycles. The Kier molecular flexibility index (Phi) is 4.17. The van der Waals surface area contributed by atoms with Gasteiger partial charge in [-0.05, 0) is 66.3 Å². The Morgan fingerprint density at radius 2 is 2.14 bits per heavy atom. The summed E-state index contributed by atoms with van der Waals surface area (Å²) in [5, 5.41) is -0.140. The van der Waals surface area contributed by atoms with Crippen LogP contribution in [0.2, 0.25) is 0 Å². The van der Waals surface area contributed by atoms with Crippen LogP contribution in [0.1, 0.15) is 29.4 Å². The van der Waals surface area contributed by atoms with E-state index in [0.29, 0.717) is 6.54 Å². The first-order valence-electron chi connectivity index (χ1n) is 6.76. The highest BCUT2D eigenvalue weighted by Crippen LogP contribution is 2.26. The van der Waals surface area contributed by atoms with Gasteiger partial charge in [-0.3, -0.25) is 4.98 Å². The van der Waals surface area contributed by atoms with E-state index in [1.54, 1.807) is 0 Å². The van der Waals surface area contributed by atoms with E-state index >= 15 is 0 Å². The van der Waals surface area contributed by atoms with Crippen LogP contribution in [-0.2, 0) is 6.54 Å². The Balaban J connectivity index is 2.16. The summed E-state index contributed by atoms with van der Waals surface area (Å²) >= 11 is 8.62. The fraction of sp³-hybridized carbons (Fsp3) is 0.250. The quantitative estimate of drug-likeness (QED) is 0.462. The smallest absolute Gasteiger partial charge is 0.128 e. The molecule has 0 spiro atoms. The SMILES string of the molecule is Cc1cccnc1Cn1c(C(C)Cl)nc2cc(I)ccc21. The number of pyridine rings is 1. The zero-order valence-corrected chi connectivity index (χ0v) is 14.8. The van der Waals surface area contributed by atoms with Gasteiger partial charge in [0.05, 0.1) is 28.6 Å². The van der Waals surface area contributed by atoms with E-state index in [-0.39, 0.29) is 5.38 Å². The van der Waals surface area contributed by atoms with Gasteiger partial charge in [-0.2, -0.15) is 0 Å². The van der Waals surface area contributed by atoms with Crippen molar-refractivity contribution < 1.29 is 0 Å². The van der Waals surface area contributed by atoms with Gasteiger partial charge in [0.15, 0.2) is 0 Å². The van der Waals surface area contributed by atoms with E-state index in [4.69, 9.17) is 16.6 Å². The van der Waals surface area contributed by atoms with Crippen LogP contribution >= 0.6 is 34.2 Å². The summed E-state index contributed by atoms with van der Waals surface area (Å²) in [5.74, 6) is 0.888. The molecule has 1 unspecified atom stereocenters. The Hall–Kier alpha value is -1.14. The van der Waals surface area contributed by atoms with Gasteiger partial charge >= 0.3 is 0 Å². The molecule has 0 bridgehead atoms. The molecule has 0 amide bonds. The normalized spacial score (nSPS) is 12.8. The number of aromatic nitrogens is 3. The van der Waals surface area contributed by atoms with Crippen molar-refractivity contribution in [2.45, 2.75) is 25.8 Å². The number of hydrogen-bond donors (Lipinski definition) is 0. The van der Waals surface area contributed by atoms with Crippen LogP contribution in [-0.4, -0.2) is 14.5 Å². The second kappa shape index (κ2) is 5.93. The summed E-state index contributed by atoms with van der Waals surface area (Å²) in [5.41, 5.74) is 4.31. The van der Waals surface area contributed by atoms with Gasteiger partial charge in [0.25, 0.3) is 0 Å². The number of benzene rings is 1. The minimum atomic E-state index is -0.140. The second-order valence-electron chi connectivity index (χ2n) is 5.07. The Bertz CT molecular complexity index is 795. The topological polar surface area (TPSA) is 30.7 Å². The van der Waals surface area contributed by atoms with Gasteiger partial charge in [0.2, 0.25) is 0 Å². The van der Waals surface area contributed by atoms with Gasteiger partial charge in [0, 0.05) is 9.77 Å². The highest BCUT2D eigenvalue weighted by Gasteiger charge is 2.16. The Morgan fingerprint density at radius 1 is 1.33 bits per heavy atom. The third-order valence-electron chi connectivity index (χ3n) is 3.52. The minimum Gasteiger partial charge on any atom is -0.321 e. The lowest BCUT2D eigenvalue weighted by Crippen LogP contribution is -2.08. The van der Waals surface area contributed by atoms with Gasteiger partial charge in [-0.1, -0.05) is 6.07 Å². The van der Waals surface area contributed by atoms with E-state index in [0.717, 1.165) is 22.6 Å². The van der Waals surface area contributed by atoms with Crippen LogP contribution < -0.4 is 0 Å². The van der Waals surface area contributed by atoms with E-state index < -0.39 is 0 Å². The highest BCUT2D eigenvalue weighted by molar-refractivity contribution is 14.1. The van der Waals surface area contributed by atoms with Gasteiger partial charge < -0.3 is 4.57 Å². The summed E-state index contributed by atoms with van der Waals surface area (Å²) in [6.45, 7) is 4.72. The molecule has 1 atom stereocenters. The van der Waals surface area contributed by atoms with E-state index in [9.17, 15) is 0 Å². The summed E-state index contributed by atoms with van der Waals surface area (Å²) in [4.78, 5) is 9.18. The lowest BCUT2D eigenvalue weighted by Gasteiger charge is -2.11. The number of nitrogens with zero attached hydrogens (tertiary/aromatic N) is 3. The molecule has 0 N–H and O–H groups in total. The number of imidazole rings is 1. The molecule has 2 heterocycles. The van der Waals surface area contributed by atoms with Crippen molar-refractivity contribution in [2.24, 2.45) is 0 Å². The molecule has 3 aromatic rings. The first-order valence-corrected chi connectivity index (χ1v) is 8.28. The van der Waals surface area contributed by atoms with E-state index in [1.165, 1.54) is 9.13 Å². The average molecular weight is 412 g/mol. The van der Waals surface area contributed by atoms with Crippen LogP contribution in [0.25, 0.3) is 11.0 Å². The third-order valence-corrected chi connectivity index (χ3v) is 4.39. The molecule has 0 fully saturated rings. The van der Waals surface area contributed by atoms with Crippen molar-refractivity contribution in [1.29, 1.82) is 0 Å². The van der Waals surface area contributed by atoms with Crippen molar-refractivity contribution in [1.82, 2.24) is 14.5 Å². The van der Waals surface area contributed by atoms with Crippen LogP contribution in [0, 0.1) is 10.5 Å². The zero-order chi connectivity index (χ0) is 15.0. The lowest BCUT2D eigenvalue weighted by atomic mass is 10.2. The first-order chi connectivity index (χ1) is 10.1. The fourth-order valence-corrected chi connectivity index (χ4v) is 3.07. The molecule has 3 rings (SSSR count). The van der Waals surface area contributed by atoms with Gasteiger partial charge in [-0.15, -0.1) is 11.6 Å². The zero-order valence-electron chi connectivity index (χ0n) is 11.8. The second-order valence-corrected chi connectivity index (χ2v) is 6.97. The maximum atomic E-state index is 6.32. The fourth-order valence-electron chi connectivity index (χ4n) is 2.43. The predicted molar refractivity (Wildman–Crippen MR) is 94.8 cm³/mol. The van der Waals surface area contributed by atoms with Crippen LogP contribution in [0.5, 0.6) is 0 Å². The first kappa shape index (κ1) is 14.8. The van der Waals surface area contributed by atoms with Crippen molar-refractivity contribution in [3.63, 3.8) is 0 Å². The summed E-state index contributed by atoms with van der Waals surface area (Å²) in [6.07, 6.45) is 1.83. The molecule has 0 aliphatic carbocycles. The molecule has 0 radical (unpaired) electrons. The largest absolute Gasteiger partial charge is 0.321 e. The van der Waals surface area contributed by atoms with Crippen molar-refractivity contribution in [2.75, 3.05) is 0 Å². The summed E-state index contributed by atoms with van der Waals surface area (Å²) in [7, 11) is 0. The number of fused-ring (bicyclic) bond motifs is 1. The molecule has 21 heavy (non-hydrogen) atoms. The van der Waals surface area contributed by atoms with E-state index in [2.05, 4.69) is 63.3 Å². The molecular formula is C16H15ClIN3. The van der Waals surface area contributed by atoms with Gasteiger partial charge in [-0.25, -0.2) is 4.98 Å². The van der Waals surface area contributed by atoms with E-state index in [1.807, 2.05) is 19.2 Å². The molecule has 3 nitrogen and oxygen atoms in total. The molecular weight excluding hydrogens is 397 g/mol. The number of aryl methyl sites for hydroxylation is 1. The van der Waals surface area contributed by atoms with Crippen molar-refractivity contribution >= 4 is 45.2 Å². The average Bonchev–Trinajstić information content (AvgIpc) is 2.79. The molecule has 2 aromatic heterocycles. The molecule has 5 heteroatoms. The standard InChI is InChI=1S/C16H15ClIN3/c1-10-4-3-7-19-14(10)9-21-15-6-5-12(18)8-13(15)20-16(21)11(2)17/h3-8,11H,9H2,1-2H3.